The second-order valence-electron chi connectivity index (χ2n) is 12.2. The lowest BCUT2D eigenvalue weighted by Crippen LogP contribution is -2.49. The maximum atomic E-state index is 13.2. The number of benzene rings is 2. The van der Waals surface area contributed by atoms with E-state index in [1.165, 1.54) is 6.33 Å². The molecule has 2 aromatic heterocycles. The monoisotopic (exact) mass is 631 g/mol. The summed E-state index contributed by atoms with van der Waals surface area (Å²) >= 11 is 0. The van der Waals surface area contributed by atoms with E-state index in [2.05, 4.69) is 25.2 Å². The predicted octanol–water partition coefficient (Wildman–Crippen LogP) is 5.69. The summed E-state index contributed by atoms with van der Waals surface area (Å²) in [6, 6.07) is 14.5. The molecule has 3 aliphatic rings. The van der Waals surface area contributed by atoms with Crippen LogP contribution in [0.3, 0.4) is 0 Å². The fourth-order valence-electron chi connectivity index (χ4n) is 6.55. The number of carbonyl (C=O) groups excluding carboxylic acids is 2. The number of hydrogen-bond donors (Lipinski definition) is 3. The van der Waals surface area contributed by atoms with Crippen LogP contribution >= 0.6 is 0 Å². The summed E-state index contributed by atoms with van der Waals surface area (Å²) in [5.74, 6) is -1.63. The number of anilines is 2. The first-order valence-corrected chi connectivity index (χ1v) is 15.9. The van der Waals surface area contributed by atoms with Crippen LogP contribution < -0.4 is 10.2 Å². The molecule has 0 spiro atoms. The van der Waals surface area contributed by atoms with Gasteiger partial charge in [-0.25, -0.2) is 23.5 Å². The summed E-state index contributed by atoms with van der Waals surface area (Å²) in [7, 11) is 0. The second-order valence-corrected chi connectivity index (χ2v) is 12.2. The molecule has 0 bridgehead atoms. The Hall–Kier alpha value is -4.58. The number of rotatable bonds is 6. The maximum Gasteiger partial charge on any atom is 0.322 e. The van der Waals surface area contributed by atoms with Crippen molar-refractivity contribution in [2.75, 3.05) is 49.5 Å². The number of alkyl halides is 2. The van der Waals surface area contributed by atoms with Gasteiger partial charge in [-0.1, -0.05) is 25.1 Å². The summed E-state index contributed by atoms with van der Waals surface area (Å²) in [6.45, 7) is 5.41. The van der Waals surface area contributed by atoms with Crippen LogP contribution in [-0.4, -0.2) is 92.9 Å². The number of nitrogens with zero attached hydrogens (tertiary/aromatic N) is 5. The quantitative estimate of drug-likeness (QED) is 0.185. The Bertz CT molecular complexity index is 1700. The first kappa shape index (κ1) is 31.4. The average molecular weight is 632 g/mol. The molecule has 0 saturated carbocycles. The van der Waals surface area contributed by atoms with Gasteiger partial charge in [-0.3, -0.25) is 9.69 Å². The summed E-state index contributed by atoms with van der Waals surface area (Å²) in [6.07, 6.45) is 6.47. The standard InChI is InChI=1S/C27H26N6O3.C7H13F2N/c34-19-5-6-22-17(13-19)7-12-33(27(36)31-22)18-8-10-32(11-9-18)25-14-24(29-16-30-25)26(35)21-15-28-23-4-2-1-3-20(21)23;1-2-4-10-5-3-7(8,9)6-10/h1-6,13-16,18,28,34H,7-12H2,(H,31,36);2-6H2,1H3. The van der Waals surface area contributed by atoms with Gasteiger partial charge in [-0.2, -0.15) is 0 Å². The number of fused-ring (bicyclic) bond motifs is 2. The summed E-state index contributed by atoms with van der Waals surface area (Å²) < 4.78 is 25.0. The normalized spacial score (nSPS) is 18.5. The van der Waals surface area contributed by atoms with Crippen LogP contribution in [0.1, 0.15) is 54.2 Å². The lowest BCUT2D eigenvalue weighted by molar-refractivity contribution is 0.0123. The average Bonchev–Trinajstić information content (AvgIpc) is 3.60. The fourth-order valence-corrected chi connectivity index (χ4v) is 6.55. The lowest BCUT2D eigenvalue weighted by Gasteiger charge is -2.38. The number of aromatic hydroxyl groups is 1. The van der Waals surface area contributed by atoms with E-state index in [1.54, 1.807) is 30.5 Å². The third-order valence-electron chi connectivity index (χ3n) is 8.95. The van der Waals surface area contributed by atoms with Crippen molar-refractivity contribution in [3.63, 3.8) is 0 Å². The van der Waals surface area contributed by atoms with Crippen LogP contribution in [-0.2, 0) is 6.42 Å². The molecule has 7 rings (SSSR count). The van der Waals surface area contributed by atoms with Crippen LogP contribution in [0.5, 0.6) is 5.75 Å². The van der Waals surface area contributed by atoms with E-state index in [0.29, 0.717) is 30.8 Å². The molecule has 0 aliphatic carbocycles. The lowest BCUT2D eigenvalue weighted by atomic mass is 10.0. The van der Waals surface area contributed by atoms with Gasteiger partial charge in [0.05, 0.1) is 6.54 Å². The van der Waals surface area contributed by atoms with Gasteiger partial charge in [0.15, 0.2) is 0 Å². The highest BCUT2D eigenvalue weighted by molar-refractivity contribution is 6.15. The third kappa shape index (κ3) is 6.96. The fraction of sp³-hybridized carbons (Fsp3) is 0.412. The molecular weight excluding hydrogens is 592 g/mol. The molecule has 12 heteroatoms. The summed E-state index contributed by atoms with van der Waals surface area (Å²) in [5, 5.41) is 13.6. The van der Waals surface area contributed by atoms with E-state index >= 15 is 0 Å². The van der Waals surface area contributed by atoms with E-state index in [-0.39, 0.29) is 36.6 Å². The molecule has 5 heterocycles. The minimum Gasteiger partial charge on any atom is -0.508 e. The van der Waals surface area contributed by atoms with Gasteiger partial charge in [0, 0.05) is 73.1 Å². The van der Waals surface area contributed by atoms with Crippen molar-refractivity contribution in [2.45, 2.75) is 51.0 Å². The molecule has 0 unspecified atom stereocenters. The van der Waals surface area contributed by atoms with Gasteiger partial charge in [-0.15, -0.1) is 0 Å². The van der Waals surface area contributed by atoms with E-state index in [0.717, 1.165) is 66.9 Å². The molecule has 2 fully saturated rings. The van der Waals surface area contributed by atoms with Crippen LogP contribution in [0.4, 0.5) is 25.1 Å². The van der Waals surface area contributed by atoms with Gasteiger partial charge in [0.25, 0.3) is 5.92 Å². The second kappa shape index (κ2) is 13.4. The Labute approximate surface area is 266 Å². The highest BCUT2D eigenvalue weighted by Crippen LogP contribution is 2.29. The number of hydrogen-bond acceptors (Lipinski definition) is 7. The zero-order valence-corrected chi connectivity index (χ0v) is 25.9. The number of carbonyl (C=O) groups is 2. The molecule has 0 radical (unpaired) electrons. The van der Waals surface area contributed by atoms with Gasteiger partial charge in [0.2, 0.25) is 5.78 Å². The minimum absolute atomic E-state index is 0.0269. The Morgan fingerprint density at radius 1 is 1.07 bits per heavy atom. The first-order chi connectivity index (χ1) is 22.2. The Morgan fingerprint density at radius 3 is 2.63 bits per heavy atom. The number of urea groups is 1. The number of phenolic OH excluding ortho intramolecular Hbond substituents is 1. The number of likely N-dealkylation sites (tertiary alicyclic amines) is 1. The number of aromatic nitrogens is 3. The molecule has 2 aromatic carbocycles. The highest BCUT2D eigenvalue weighted by Gasteiger charge is 2.37. The van der Waals surface area contributed by atoms with Crippen LogP contribution in [0.15, 0.2) is 61.1 Å². The van der Waals surface area contributed by atoms with Crippen molar-refractivity contribution in [1.82, 2.24) is 24.8 Å². The number of para-hydroxylation sites is 1. The van der Waals surface area contributed by atoms with Gasteiger partial charge in [-0.05, 0) is 62.1 Å². The number of H-pyrrole nitrogens is 1. The zero-order chi connectivity index (χ0) is 32.3. The van der Waals surface area contributed by atoms with Gasteiger partial charge >= 0.3 is 6.03 Å². The van der Waals surface area contributed by atoms with E-state index in [4.69, 9.17) is 0 Å². The topological polar surface area (TPSA) is 118 Å². The van der Waals surface area contributed by atoms with Crippen molar-refractivity contribution in [2.24, 2.45) is 0 Å². The van der Waals surface area contributed by atoms with Crippen molar-refractivity contribution < 1.29 is 23.5 Å². The number of phenols is 1. The maximum absolute atomic E-state index is 13.2. The van der Waals surface area contributed by atoms with E-state index in [1.807, 2.05) is 41.0 Å². The Kier molecular flexibility index (Phi) is 9.16. The number of amides is 2. The molecule has 3 N–H and O–H groups in total. The first-order valence-electron chi connectivity index (χ1n) is 15.9. The van der Waals surface area contributed by atoms with Gasteiger partial charge in [0.1, 0.15) is 23.6 Å². The third-order valence-corrected chi connectivity index (χ3v) is 8.95. The highest BCUT2D eigenvalue weighted by atomic mass is 19.3. The SMILES string of the molecule is CCCN1CCC(F)(F)C1.O=C(c1cc(N2CCC(N3CCc4cc(O)ccc4NC3=O)CC2)ncn1)c1c[nH]c2ccccc12. The molecule has 2 amide bonds. The van der Waals surface area contributed by atoms with Crippen LogP contribution in [0.2, 0.25) is 0 Å². The number of nitrogens with one attached hydrogen (secondary N) is 2. The number of aromatic amines is 1. The van der Waals surface area contributed by atoms with Crippen molar-refractivity contribution in [3.05, 3.63) is 77.9 Å². The molecular formula is C34H39F2N7O3. The Balaban J connectivity index is 0.000000319. The van der Waals surface area contributed by atoms with E-state index in [9.17, 15) is 23.5 Å². The number of halogens is 2. The molecule has 3 aliphatic heterocycles. The summed E-state index contributed by atoms with van der Waals surface area (Å²) in [5.41, 5.74) is 3.56. The minimum atomic E-state index is -2.41. The summed E-state index contributed by atoms with van der Waals surface area (Å²) in [4.78, 5) is 43.8. The zero-order valence-electron chi connectivity index (χ0n) is 25.9. The molecule has 10 nitrogen and oxygen atoms in total. The van der Waals surface area contributed by atoms with Crippen LogP contribution in [0.25, 0.3) is 10.9 Å². The van der Waals surface area contributed by atoms with Gasteiger partial charge < -0.3 is 25.2 Å². The largest absolute Gasteiger partial charge is 0.508 e. The molecule has 242 valence electrons. The van der Waals surface area contributed by atoms with Crippen molar-refractivity contribution in [3.8, 4) is 5.75 Å². The molecule has 2 saturated heterocycles. The van der Waals surface area contributed by atoms with Crippen LogP contribution in [0, 0.1) is 0 Å². The smallest absolute Gasteiger partial charge is 0.322 e. The van der Waals surface area contributed by atoms with Crippen molar-refractivity contribution >= 4 is 34.2 Å². The Morgan fingerprint density at radius 2 is 1.87 bits per heavy atom. The number of piperidine rings is 1. The van der Waals surface area contributed by atoms with E-state index < -0.39 is 5.92 Å². The van der Waals surface area contributed by atoms with Crippen molar-refractivity contribution in [1.29, 1.82) is 0 Å². The molecule has 4 aromatic rings. The molecule has 0 atom stereocenters. The number of ketones is 1. The molecule has 46 heavy (non-hydrogen) atoms. The predicted molar refractivity (Wildman–Crippen MR) is 173 cm³/mol.